The van der Waals surface area contributed by atoms with Crippen LogP contribution in [0, 0.1) is 0 Å². The van der Waals surface area contributed by atoms with E-state index >= 15 is 0 Å². The van der Waals surface area contributed by atoms with Crippen LogP contribution in [0.1, 0.15) is 10.4 Å². The third kappa shape index (κ3) is 2.82. The van der Waals surface area contributed by atoms with Crippen molar-refractivity contribution in [1.82, 2.24) is 4.98 Å². The van der Waals surface area contributed by atoms with E-state index < -0.39 is 0 Å². The van der Waals surface area contributed by atoms with Crippen LogP contribution >= 0.6 is 0 Å². The molecule has 1 heterocycles. The third-order valence-electron chi connectivity index (χ3n) is 2.77. The van der Waals surface area contributed by atoms with Crippen molar-refractivity contribution in [2.75, 3.05) is 24.8 Å². The molecule has 2 aromatic rings. The quantitative estimate of drug-likeness (QED) is 0.912. The highest BCUT2D eigenvalue weighted by Crippen LogP contribution is 2.20. The second kappa shape index (κ2) is 5.39. The molecule has 1 amide bonds. The summed E-state index contributed by atoms with van der Waals surface area (Å²) in [4.78, 5) is 17.7. The molecule has 2 rings (SSSR count). The van der Waals surface area contributed by atoms with Gasteiger partial charge in [0, 0.05) is 25.1 Å². The summed E-state index contributed by atoms with van der Waals surface area (Å²) in [7, 11) is 3.30. The Kier molecular flexibility index (Phi) is 3.66. The van der Waals surface area contributed by atoms with E-state index in [1.54, 1.807) is 32.4 Å². The number of methoxy groups -OCH3 is 1. The molecule has 0 fully saturated rings. The molecule has 0 spiro atoms. The Bertz CT molecular complexity index is 581. The van der Waals surface area contributed by atoms with E-state index in [0.717, 1.165) is 11.4 Å². The van der Waals surface area contributed by atoms with Crippen LogP contribution in [0.5, 0.6) is 5.75 Å². The van der Waals surface area contributed by atoms with Crippen LogP contribution in [0.3, 0.4) is 0 Å². The number of hydrogen-bond donors (Lipinski definition) is 1. The molecule has 0 atom stereocenters. The van der Waals surface area contributed by atoms with Crippen LogP contribution in [0.15, 0.2) is 42.7 Å². The zero-order chi connectivity index (χ0) is 13.8. The number of anilines is 2. The number of nitrogens with zero attached hydrogens (tertiary/aromatic N) is 2. The minimum absolute atomic E-state index is 0.162. The van der Waals surface area contributed by atoms with Crippen molar-refractivity contribution in [3.8, 4) is 5.75 Å². The molecule has 1 aromatic carbocycles. The minimum atomic E-state index is -0.162. The molecule has 0 aliphatic carbocycles. The van der Waals surface area contributed by atoms with Gasteiger partial charge in [-0.2, -0.15) is 0 Å². The number of benzene rings is 1. The molecule has 0 aliphatic heterocycles. The number of nitrogen functional groups attached to an aromatic ring is 1. The zero-order valence-corrected chi connectivity index (χ0v) is 10.8. The first kappa shape index (κ1) is 12.9. The van der Waals surface area contributed by atoms with Gasteiger partial charge in [-0.05, 0) is 30.3 Å². The number of rotatable bonds is 3. The predicted molar refractivity (Wildman–Crippen MR) is 74.4 cm³/mol. The summed E-state index contributed by atoms with van der Waals surface area (Å²) in [6.45, 7) is 0. The molecular formula is C14H15N3O2. The number of carbonyl (C=O) groups excluding carboxylic acids is 1. The molecule has 98 valence electrons. The molecule has 0 saturated carbocycles. The van der Waals surface area contributed by atoms with Crippen LogP contribution < -0.4 is 15.4 Å². The van der Waals surface area contributed by atoms with Crippen molar-refractivity contribution in [2.24, 2.45) is 0 Å². The topological polar surface area (TPSA) is 68.5 Å². The van der Waals surface area contributed by atoms with Gasteiger partial charge in [-0.3, -0.25) is 9.78 Å². The van der Waals surface area contributed by atoms with E-state index in [1.165, 1.54) is 17.3 Å². The van der Waals surface area contributed by atoms with Crippen LogP contribution in [-0.2, 0) is 0 Å². The Hall–Kier alpha value is -2.56. The Labute approximate surface area is 111 Å². The minimum Gasteiger partial charge on any atom is -0.497 e. The smallest absolute Gasteiger partial charge is 0.259 e. The van der Waals surface area contributed by atoms with E-state index in [-0.39, 0.29) is 5.91 Å². The Morgan fingerprint density at radius 1 is 1.26 bits per heavy atom. The first-order valence-electron chi connectivity index (χ1n) is 5.74. The first-order valence-corrected chi connectivity index (χ1v) is 5.74. The third-order valence-corrected chi connectivity index (χ3v) is 2.77. The van der Waals surface area contributed by atoms with Crippen molar-refractivity contribution >= 4 is 17.3 Å². The number of nitrogens with two attached hydrogens (primary N) is 1. The monoisotopic (exact) mass is 257 g/mol. The number of pyridine rings is 1. The highest BCUT2D eigenvalue weighted by atomic mass is 16.5. The molecule has 1 aromatic heterocycles. The average molecular weight is 257 g/mol. The van der Waals surface area contributed by atoms with Crippen LogP contribution in [0.25, 0.3) is 0 Å². The van der Waals surface area contributed by atoms with Gasteiger partial charge in [-0.25, -0.2) is 0 Å². The van der Waals surface area contributed by atoms with Gasteiger partial charge in [0.1, 0.15) is 5.75 Å². The van der Waals surface area contributed by atoms with Crippen molar-refractivity contribution in [1.29, 1.82) is 0 Å². The second-order valence-electron chi connectivity index (χ2n) is 4.07. The lowest BCUT2D eigenvalue weighted by Crippen LogP contribution is -2.26. The lowest BCUT2D eigenvalue weighted by atomic mass is 10.2. The van der Waals surface area contributed by atoms with Crippen molar-refractivity contribution < 1.29 is 9.53 Å². The molecule has 19 heavy (non-hydrogen) atoms. The Balaban J connectivity index is 2.23. The van der Waals surface area contributed by atoms with Gasteiger partial charge in [-0.1, -0.05) is 0 Å². The summed E-state index contributed by atoms with van der Waals surface area (Å²) in [6, 6.07) is 8.84. The summed E-state index contributed by atoms with van der Waals surface area (Å²) in [5.41, 5.74) is 7.32. The maximum Gasteiger partial charge on any atom is 0.259 e. The van der Waals surface area contributed by atoms with Gasteiger partial charge in [0.2, 0.25) is 0 Å². The highest BCUT2D eigenvalue weighted by Gasteiger charge is 2.14. The van der Waals surface area contributed by atoms with E-state index in [1.807, 2.05) is 12.1 Å². The standard InChI is InChI=1S/C14H15N3O2/c1-17(12-3-5-13(19-2)6-4-12)14(18)10-7-11(15)9-16-8-10/h3-9H,15H2,1-2H3. The fourth-order valence-corrected chi connectivity index (χ4v) is 1.69. The summed E-state index contributed by atoms with van der Waals surface area (Å²) in [6.07, 6.45) is 3.00. The summed E-state index contributed by atoms with van der Waals surface area (Å²) < 4.78 is 5.08. The summed E-state index contributed by atoms with van der Waals surface area (Å²) in [5, 5.41) is 0. The molecule has 2 N–H and O–H groups in total. The molecular weight excluding hydrogens is 242 g/mol. The highest BCUT2D eigenvalue weighted by molar-refractivity contribution is 6.05. The van der Waals surface area contributed by atoms with Crippen molar-refractivity contribution in [2.45, 2.75) is 0 Å². The molecule has 0 unspecified atom stereocenters. The van der Waals surface area contributed by atoms with Gasteiger partial charge in [-0.15, -0.1) is 0 Å². The lowest BCUT2D eigenvalue weighted by molar-refractivity contribution is 0.0992. The second-order valence-corrected chi connectivity index (χ2v) is 4.07. The largest absolute Gasteiger partial charge is 0.497 e. The van der Waals surface area contributed by atoms with Gasteiger partial charge < -0.3 is 15.4 Å². The fraction of sp³-hybridized carbons (Fsp3) is 0.143. The maximum atomic E-state index is 12.3. The average Bonchev–Trinajstić information content (AvgIpc) is 2.46. The number of ether oxygens (including phenoxy) is 1. The molecule has 5 nitrogen and oxygen atoms in total. The molecule has 0 saturated heterocycles. The van der Waals surface area contributed by atoms with Crippen molar-refractivity contribution in [3.05, 3.63) is 48.3 Å². The van der Waals surface area contributed by atoms with Gasteiger partial charge in [0.15, 0.2) is 0 Å². The first-order chi connectivity index (χ1) is 9.11. The molecule has 0 bridgehead atoms. The van der Waals surface area contributed by atoms with E-state index in [0.29, 0.717) is 11.3 Å². The number of amides is 1. The molecule has 0 radical (unpaired) electrons. The van der Waals surface area contributed by atoms with Crippen molar-refractivity contribution in [3.63, 3.8) is 0 Å². The number of hydrogen-bond acceptors (Lipinski definition) is 4. The maximum absolute atomic E-state index is 12.3. The summed E-state index contributed by atoms with van der Waals surface area (Å²) >= 11 is 0. The van der Waals surface area contributed by atoms with Crippen LogP contribution in [0.4, 0.5) is 11.4 Å². The van der Waals surface area contributed by atoms with Gasteiger partial charge >= 0.3 is 0 Å². The van der Waals surface area contributed by atoms with E-state index in [2.05, 4.69) is 4.98 Å². The van der Waals surface area contributed by atoms with E-state index in [9.17, 15) is 4.79 Å². The Morgan fingerprint density at radius 3 is 2.53 bits per heavy atom. The zero-order valence-electron chi connectivity index (χ0n) is 10.8. The van der Waals surface area contributed by atoms with Gasteiger partial charge in [0.05, 0.1) is 18.4 Å². The summed E-state index contributed by atoms with van der Waals surface area (Å²) in [5.74, 6) is 0.584. The Morgan fingerprint density at radius 2 is 1.95 bits per heavy atom. The number of aromatic nitrogens is 1. The fourth-order valence-electron chi connectivity index (χ4n) is 1.69. The SMILES string of the molecule is COc1ccc(N(C)C(=O)c2cncc(N)c2)cc1. The lowest BCUT2D eigenvalue weighted by Gasteiger charge is -2.17. The normalized spacial score (nSPS) is 10.0. The predicted octanol–water partition coefficient (Wildman–Crippen LogP) is 1.95. The van der Waals surface area contributed by atoms with Crippen LogP contribution in [0.2, 0.25) is 0 Å². The molecule has 0 aliphatic rings. The molecule has 5 heteroatoms. The van der Waals surface area contributed by atoms with Gasteiger partial charge in [0.25, 0.3) is 5.91 Å². The number of carbonyl (C=O) groups is 1. The van der Waals surface area contributed by atoms with E-state index in [4.69, 9.17) is 10.5 Å². The van der Waals surface area contributed by atoms with Crippen LogP contribution in [-0.4, -0.2) is 25.0 Å².